The molecule has 5 aliphatic rings. The number of β-amino-alcohol motifs (C(OH)–C–C–N with tert-alkyl or cyclic N) is 1. The Labute approximate surface area is 323 Å². The van der Waals surface area contributed by atoms with Gasteiger partial charge in [-0.25, -0.2) is 0 Å². The zero-order chi connectivity index (χ0) is 37.7. The number of anilines is 2. The summed E-state index contributed by atoms with van der Waals surface area (Å²) in [5, 5.41) is 35.4. The number of benzene rings is 4. The lowest BCUT2D eigenvalue weighted by molar-refractivity contribution is -0.141. The zero-order valence-corrected chi connectivity index (χ0v) is 31.3. The largest absolute Gasteiger partial charge is 0.508 e. The molecule has 1 aliphatic carbocycles. The van der Waals surface area contributed by atoms with E-state index in [0.717, 1.165) is 68.9 Å². The molecule has 4 aliphatic heterocycles. The standard InChI is InChI=1S/C45H51N5O5/c51-36-12-15-38-32(27-36)8-13-37(30-4-2-1-3-5-30)42(38)31-6-9-34(10-7-31)49-24-22-47(23-25-49)29-45(55)18-20-48(21-19-45)35-11-14-39-33(26-35)28-50(44(39)54)40-16-17-41(52)46-43(40)53/h1-7,9-12,14-15,26-27,37,40,42,44,51,54-55H,8,13,16-25,28-29H2,(H,46,52,53)/t37?,40?,42-,44?/m0/s1. The van der Waals surface area contributed by atoms with Crippen molar-refractivity contribution >= 4 is 23.2 Å². The number of rotatable bonds is 7. The first-order chi connectivity index (χ1) is 26.7. The molecule has 10 nitrogen and oxygen atoms in total. The van der Waals surface area contributed by atoms with Gasteiger partial charge in [-0.15, -0.1) is 0 Å². The monoisotopic (exact) mass is 741 g/mol. The third-order valence-electron chi connectivity index (χ3n) is 13.1. The van der Waals surface area contributed by atoms with Crippen LogP contribution in [-0.4, -0.2) is 94.4 Å². The summed E-state index contributed by atoms with van der Waals surface area (Å²) in [4.78, 5) is 33.1. The highest BCUT2D eigenvalue weighted by Crippen LogP contribution is 2.47. The molecule has 3 saturated heterocycles. The molecule has 3 unspecified atom stereocenters. The van der Waals surface area contributed by atoms with Gasteiger partial charge in [0.2, 0.25) is 11.8 Å². The van der Waals surface area contributed by atoms with Crippen LogP contribution in [0.5, 0.6) is 5.75 Å². The molecule has 55 heavy (non-hydrogen) atoms. The number of carbonyl (C=O) groups excluding carboxylic acids is 2. The van der Waals surface area contributed by atoms with Crippen molar-refractivity contribution in [2.24, 2.45) is 0 Å². The number of piperazine rings is 1. The number of fused-ring (bicyclic) bond motifs is 2. The number of carbonyl (C=O) groups is 2. The number of piperidine rings is 2. The van der Waals surface area contributed by atoms with Gasteiger partial charge in [0.05, 0.1) is 11.6 Å². The van der Waals surface area contributed by atoms with Crippen molar-refractivity contribution in [1.29, 1.82) is 0 Å². The molecule has 286 valence electrons. The van der Waals surface area contributed by atoms with Crippen LogP contribution < -0.4 is 15.1 Å². The van der Waals surface area contributed by atoms with E-state index in [1.807, 2.05) is 24.3 Å². The van der Waals surface area contributed by atoms with Crippen LogP contribution in [0, 0.1) is 0 Å². The summed E-state index contributed by atoms with van der Waals surface area (Å²) in [6, 6.07) is 31.5. The molecule has 0 spiro atoms. The molecule has 2 amide bonds. The lowest BCUT2D eigenvalue weighted by atomic mass is 9.69. The van der Waals surface area contributed by atoms with Crippen molar-refractivity contribution in [1.82, 2.24) is 15.1 Å². The maximum atomic E-state index is 12.5. The minimum atomic E-state index is -0.872. The van der Waals surface area contributed by atoms with E-state index in [-0.39, 0.29) is 24.2 Å². The fourth-order valence-electron chi connectivity index (χ4n) is 10.0. The second-order valence-electron chi connectivity index (χ2n) is 16.4. The molecule has 4 aromatic carbocycles. The minimum Gasteiger partial charge on any atom is -0.508 e. The number of imide groups is 1. The third-order valence-corrected chi connectivity index (χ3v) is 13.1. The van der Waals surface area contributed by atoms with E-state index in [9.17, 15) is 24.9 Å². The quantitative estimate of drug-likeness (QED) is 0.194. The van der Waals surface area contributed by atoms with E-state index in [1.165, 1.54) is 27.9 Å². The lowest BCUT2D eigenvalue weighted by Gasteiger charge is -2.44. The fourth-order valence-corrected chi connectivity index (χ4v) is 10.0. The van der Waals surface area contributed by atoms with Crippen molar-refractivity contribution < 1.29 is 24.9 Å². The summed E-state index contributed by atoms with van der Waals surface area (Å²) < 4.78 is 0. The Morgan fingerprint density at radius 3 is 2.16 bits per heavy atom. The van der Waals surface area contributed by atoms with Gasteiger partial charge in [-0.1, -0.05) is 54.6 Å². The van der Waals surface area contributed by atoms with Gasteiger partial charge in [0.25, 0.3) is 0 Å². The Bertz CT molecular complexity index is 2040. The smallest absolute Gasteiger partial charge is 0.244 e. The number of aryl methyl sites for hydroxylation is 1. The number of phenols is 1. The van der Waals surface area contributed by atoms with Crippen molar-refractivity contribution in [3.8, 4) is 5.75 Å². The second-order valence-corrected chi connectivity index (χ2v) is 16.4. The van der Waals surface area contributed by atoms with Crippen molar-refractivity contribution in [3.05, 3.63) is 124 Å². The minimum absolute atomic E-state index is 0.232. The Morgan fingerprint density at radius 1 is 0.709 bits per heavy atom. The van der Waals surface area contributed by atoms with Gasteiger partial charge < -0.3 is 25.1 Å². The van der Waals surface area contributed by atoms with Crippen LogP contribution in [0.3, 0.4) is 0 Å². The highest BCUT2D eigenvalue weighted by molar-refractivity contribution is 6.00. The number of hydrogen-bond acceptors (Lipinski definition) is 9. The van der Waals surface area contributed by atoms with Crippen LogP contribution in [0.1, 0.15) is 83.5 Å². The lowest BCUT2D eigenvalue weighted by Crippen LogP contribution is -2.55. The molecule has 0 saturated carbocycles. The van der Waals surface area contributed by atoms with Gasteiger partial charge in [0.15, 0.2) is 0 Å². The van der Waals surface area contributed by atoms with E-state index >= 15 is 0 Å². The highest BCUT2D eigenvalue weighted by atomic mass is 16.3. The summed E-state index contributed by atoms with van der Waals surface area (Å²) in [6.45, 7) is 6.26. The van der Waals surface area contributed by atoms with E-state index in [2.05, 4.69) is 86.7 Å². The molecule has 3 fully saturated rings. The van der Waals surface area contributed by atoms with Gasteiger partial charge in [-0.2, -0.15) is 0 Å². The molecule has 0 aromatic heterocycles. The fraction of sp³-hybridized carbons (Fsp3) is 0.422. The Hall–Kier alpha value is -4.74. The van der Waals surface area contributed by atoms with Crippen LogP contribution >= 0.6 is 0 Å². The van der Waals surface area contributed by atoms with E-state index in [4.69, 9.17) is 0 Å². The first-order valence-electron chi connectivity index (χ1n) is 20.0. The maximum Gasteiger partial charge on any atom is 0.244 e. The van der Waals surface area contributed by atoms with E-state index in [0.29, 0.717) is 44.0 Å². The van der Waals surface area contributed by atoms with Gasteiger partial charge in [0, 0.05) is 81.6 Å². The molecule has 0 radical (unpaired) electrons. The number of nitrogens with zero attached hydrogens (tertiary/aromatic N) is 4. The summed E-state index contributed by atoms with van der Waals surface area (Å²) in [7, 11) is 0. The van der Waals surface area contributed by atoms with Crippen molar-refractivity contribution in [2.75, 3.05) is 55.6 Å². The number of aliphatic hydroxyl groups is 2. The van der Waals surface area contributed by atoms with Crippen LogP contribution in [0.2, 0.25) is 0 Å². The predicted molar refractivity (Wildman–Crippen MR) is 212 cm³/mol. The molecule has 4 atom stereocenters. The van der Waals surface area contributed by atoms with E-state index in [1.54, 1.807) is 4.90 Å². The molecule has 10 heteroatoms. The molecular formula is C45H51N5O5. The van der Waals surface area contributed by atoms with Crippen LogP contribution in [0.25, 0.3) is 0 Å². The van der Waals surface area contributed by atoms with Crippen LogP contribution in [-0.2, 0) is 22.6 Å². The molecular weight excluding hydrogens is 691 g/mol. The van der Waals surface area contributed by atoms with Gasteiger partial charge in [-0.3, -0.25) is 24.7 Å². The number of aromatic hydroxyl groups is 1. The molecule has 4 aromatic rings. The van der Waals surface area contributed by atoms with Crippen molar-refractivity contribution in [2.45, 2.75) is 74.8 Å². The third kappa shape index (κ3) is 7.13. The molecule has 4 heterocycles. The average molecular weight is 742 g/mol. The summed E-state index contributed by atoms with van der Waals surface area (Å²) in [6.07, 6.45) is 3.20. The van der Waals surface area contributed by atoms with Gasteiger partial charge in [-0.05, 0) is 102 Å². The van der Waals surface area contributed by atoms with Crippen LogP contribution in [0.15, 0.2) is 91.0 Å². The summed E-state index contributed by atoms with van der Waals surface area (Å²) in [5.74, 6) is 0.354. The predicted octanol–water partition coefficient (Wildman–Crippen LogP) is 5.02. The normalized spacial score (nSPS) is 25.7. The van der Waals surface area contributed by atoms with E-state index < -0.39 is 17.9 Å². The second kappa shape index (κ2) is 14.7. The molecule has 0 bridgehead atoms. The van der Waals surface area contributed by atoms with Gasteiger partial charge in [0.1, 0.15) is 12.0 Å². The SMILES string of the molecule is O=C1CCC(N2Cc3cc(N4CCC(O)(CN5CCN(c6ccc([C@@H]7c8ccc(O)cc8CCC7c7ccccc7)cc6)CC5)CC4)ccc3C2O)C(=O)N1. The van der Waals surface area contributed by atoms with Gasteiger partial charge >= 0.3 is 0 Å². The topological polar surface area (TPSA) is 120 Å². The summed E-state index contributed by atoms with van der Waals surface area (Å²) in [5.41, 5.74) is 8.60. The first-order valence-corrected chi connectivity index (χ1v) is 20.0. The Kier molecular flexibility index (Phi) is 9.62. The first kappa shape index (κ1) is 35.9. The maximum absolute atomic E-state index is 12.5. The Balaban J connectivity index is 0.794. The summed E-state index contributed by atoms with van der Waals surface area (Å²) >= 11 is 0. The number of hydrogen-bond donors (Lipinski definition) is 4. The zero-order valence-electron chi connectivity index (χ0n) is 31.3. The number of phenolic OH excluding ortho intramolecular Hbond substituents is 1. The molecule has 4 N–H and O–H groups in total. The highest BCUT2D eigenvalue weighted by Gasteiger charge is 2.41. The van der Waals surface area contributed by atoms with Crippen molar-refractivity contribution in [3.63, 3.8) is 0 Å². The Morgan fingerprint density at radius 2 is 1.42 bits per heavy atom. The van der Waals surface area contributed by atoms with Crippen LogP contribution in [0.4, 0.5) is 11.4 Å². The average Bonchev–Trinajstić information content (AvgIpc) is 3.53. The number of aliphatic hydroxyl groups excluding tert-OH is 1. The number of nitrogens with one attached hydrogen (secondary N) is 1. The number of amides is 2. The molecule has 9 rings (SSSR count).